The summed E-state index contributed by atoms with van der Waals surface area (Å²) in [4.78, 5) is 23.5. The first kappa shape index (κ1) is 16.3. The number of carbonyl (C=O) groups is 2. The van der Waals surface area contributed by atoms with Gasteiger partial charge in [0.15, 0.2) is 0 Å². The molecule has 0 bridgehead atoms. The molecule has 1 aliphatic carbocycles. The first-order valence-electron chi connectivity index (χ1n) is 6.78. The highest BCUT2D eigenvalue weighted by molar-refractivity contribution is 7.98. The van der Waals surface area contributed by atoms with E-state index < -0.39 is 17.4 Å². The highest BCUT2D eigenvalue weighted by Gasteiger charge is 2.39. The Balaban J connectivity index is 2.65. The van der Waals surface area contributed by atoms with Crippen LogP contribution in [0, 0.1) is 5.41 Å². The Morgan fingerprint density at radius 1 is 1.37 bits per heavy atom. The van der Waals surface area contributed by atoms with E-state index in [0.717, 1.165) is 32.1 Å². The zero-order valence-electron chi connectivity index (χ0n) is 11.5. The lowest BCUT2D eigenvalue weighted by Gasteiger charge is -2.35. The zero-order valence-corrected chi connectivity index (χ0v) is 12.3. The molecule has 6 heteroatoms. The lowest BCUT2D eigenvalue weighted by Crippen LogP contribution is -2.52. The SMILES string of the molecule is CSCC[C@@H](NC(=O)C1(CN)CCCCC1)C(=O)O. The molecule has 0 unspecified atom stereocenters. The predicted octanol–water partition coefficient (Wildman–Crippen LogP) is 1.22. The van der Waals surface area contributed by atoms with Crippen LogP contribution >= 0.6 is 11.8 Å². The molecule has 1 atom stereocenters. The van der Waals surface area contributed by atoms with Crippen LogP contribution in [0.4, 0.5) is 0 Å². The van der Waals surface area contributed by atoms with Crippen molar-refractivity contribution in [1.29, 1.82) is 0 Å². The van der Waals surface area contributed by atoms with Crippen LogP contribution in [0.2, 0.25) is 0 Å². The van der Waals surface area contributed by atoms with E-state index in [1.54, 1.807) is 11.8 Å². The first-order chi connectivity index (χ1) is 9.05. The molecule has 0 aromatic heterocycles. The molecule has 1 aliphatic rings. The van der Waals surface area contributed by atoms with Gasteiger partial charge in [0, 0.05) is 6.54 Å². The molecule has 0 radical (unpaired) electrons. The average Bonchev–Trinajstić information content (AvgIpc) is 2.43. The van der Waals surface area contributed by atoms with Crippen molar-refractivity contribution >= 4 is 23.6 Å². The zero-order chi connectivity index (χ0) is 14.3. The molecule has 0 heterocycles. The Bertz CT molecular complexity index is 317. The fourth-order valence-electron chi connectivity index (χ4n) is 2.56. The maximum absolute atomic E-state index is 12.4. The third kappa shape index (κ3) is 4.38. The third-order valence-electron chi connectivity index (χ3n) is 3.90. The van der Waals surface area contributed by atoms with Crippen molar-refractivity contribution in [2.45, 2.75) is 44.6 Å². The van der Waals surface area contributed by atoms with Gasteiger partial charge in [-0.25, -0.2) is 4.79 Å². The summed E-state index contributed by atoms with van der Waals surface area (Å²) in [5.74, 6) is -0.430. The van der Waals surface area contributed by atoms with Crippen molar-refractivity contribution in [2.75, 3.05) is 18.6 Å². The third-order valence-corrected chi connectivity index (χ3v) is 4.54. The lowest BCUT2D eigenvalue weighted by atomic mass is 9.73. The second-order valence-corrected chi connectivity index (χ2v) is 6.18. The smallest absolute Gasteiger partial charge is 0.326 e. The van der Waals surface area contributed by atoms with Crippen molar-refractivity contribution in [1.82, 2.24) is 5.32 Å². The molecule has 1 saturated carbocycles. The quantitative estimate of drug-likeness (QED) is 0.655. The van der Waals surface area contributed by atoms with Gasteiger partial charge >= 0.3 is 5.97 Å². The van der Waals surface area contributed by atoms with Gasteiger partial charge in [-0.05, 0) is 31.3 Å². The first-order valence-corrected chi connectivity index (χ1v) is 8.18. The predicted molar refractivity (Wildman–Crippen MR) is 77.1 cm³/mol. The molecule has 4 N–H and O–H groups in total. The monoisotopic (exact) mass is 288 g/mol. The molecule has 0 saturated heterocycles. The standard InChI is InChI=1S/C13H24N2O3S/c1-19-8-5-10(11(16)17)15-12(18)13(9-14)6-3-2-4-7-13/h10H,2-9,14H2,1H3,(H,15,18)(H,16,17)/t10-/m1/s1. The number of nitrogens with one attached hydrogen (secondary N) is 1. The van der Waals surface area contributed by atoms with E-state index in [1.807, 2.05) is 6.26 Å². The van der Waals surface area contributed by atoms with Crippen LogP contribution < -0.4 is 11.1 Å². The minimum Gasteiger partial charge on any atom is -0.480 e. The number of aliphatic carboxylic acids is 1. The van der Waals surface area contributed by atoms with Gasteiger partial charge in [0.1, 0.15) is 6.04 Å². The van der Waals surface area contributed by atoms with Crippen LogP contribution in [0.25, 0.3) is 0 Å². The molecule has 0 spiro atoms. The van der Waals surface area contributed by atoms with E-state index in [-0.39, 0.29) is 5.91 Å². The van der Waals surface area contributed by atoms with E-state index in [0.29, 0.717) is 18.7 Å². The summed E-state index contributed by atoms with van der Waals surface area (Å²) in [6.45, 7) is 0.299. The van der Waals surface area contributed by atoms with Gasteiger partial charge in [0.05, 0.1) is 5.41 Å². The Labute approximate surface area is 118 Å². The van der Waals surface area contributed by atoms with Gasteiger partial charge in [0.2, 0.25) is 5.91 Å². The molecule has 110 valence electrons. The van der Waals surface area contributed by atoms with Crippen molar-refractivity contribution < 1.29 is 14.7 Å². The van der Waals surface area contributed by atoms with Gasteiger partial charge in [-0.15, -0.1) is 0 Å². The summed E-state index contributed by atoms with van der Waals surface area (Å²) in [5.41, 5.74) is 5.23. The van der Waals surface area contributed by atoms with Gasteiger partial charge in [-0.3, -0.25) is 4.79 Å². The second kappa shape index (κ2) is 7.75. The largest absolute Gasteiger partial charge is 0.480 e. The van der Waals surface area contributed by atoms with Crippen LogP contribution in [0.5, 0.6) is 0 Å². The normalized spacial score (nSPS) is 19.7. The van der Waals surface area contributed by atoms with Gasteiger partial charge in [0.25, 0.3) is 0 Å². The lowest BCUT2D eigenvalue weighted by molar-refractivity contribution is -0.144. The Morgan fingerprint density at radius 3 is 2.47 bits per heavy atom. The van der Waals surface area contributed by atoms with Crippen molar-refractivity contribution in [3.63, 3.8) is 0 Å². The summed E-state index contributed by atoms with van der Waals surface area (Å²) in [6.07, 6.45) is 7.02. The minimum absolute atomic E-state index is 0.178. The highest BCUT2D eigenvalue weighted by atomic mass is 32.2. The summed E-state index contributed by atoms with van der Waals surface area (Å²) < 4.78 is 0. The fraction of sp³-hybridized carbons (Fsp3) is 0.846. The topological polar surface area (TPSA) is 92.4 Å². The van der Waals surface area contributed by atoms with E-state index in [4.69, 9.17) is 10.8 Å². The number of nitrogens with two attached hydrogens (primary N) is 1. The molecule has 5 nitrogen and oxygen atoms in total. The Morgan fingerprint density at radius 2 is 2.00 bits per heavy atom. The summed E-state index contributed by atoms with van der Waals surface area (Å²) in [7, 11) is 0. The number of amides is 1. The van der Waals surface area contributed by atoms with Gasteiger partial charge < -0.3 is 16.2 Å². The van der Waals surface area contributed by atoms with Crippen LogP contribution in [0.3, 0.4) is 0 Å². The van der Waals surface area contributed by atoms with Crippen molar-refractivity contribution in [2.24, 2.45) is 11.1 Å². The van der Waals surface area contributed by atoms with E-state index in [1.165, 1.54) is 0 Å². The Hall–Kier alpha value is -0.750. The van der Waals surface area contributed by atoms with Gasteiger partial charge in [-0.2, -0.15) is 11.8 Å². The van der Waals surface area contributed by atoms with Crippen LogP contribution in [0.1, 0.15) is 38.5 Å². The maximum Gasteiger partial charge on any atom is 0.326 e. The molecule has 0 aromatic rings. The van der Waals surface area contributed by atoms with E-state index in [9.17, 15) is 9.59 Å². The van der Waals surface area contributed by atoms with Gasteiger partial charge in [-0.1, -0.05) is 19.3 Å². The number of thioether (sulfide) groups is 1. The van der Waals surface area contributed by atoms with E-state index >= 15 is 0 Å². The highest BCUT2D eigenvalue weighted by Crippen LogP contribution is 2.35. The molecule has 1 amide bonds. The number of hydrogen-bond acceptors (Lipinski definition) is 4. The molecular weight excluding hydrogens is 264 g/mol. The van der Waals surface area contributed by atoms with Crippen molar-refractivity contribution in [3.8, 4) is 0 Å². The number of carboxylic acids is 1. The van der Waals surface area contributed by atoms with Crippen molar-refractivity contribution in [3.05, 3.63) is 0 Å². The summed E-state index contributed by atoms with van der Waals surface area (Å²) in [5, 5.41) is 11.8. The summed E-state index contributed by atoms with van der Waals surface area (Å²) in [6, 6.07) is -0.801. The maximum atomic E-state index is 12.4. The Kier molecular flexibility index (Phi) is 6.65. The minimum atomic E-state index is -0.967. The fourth-order valence-corrected chi connectivity index (χ4v) is 3.03. The second-order valence-electron chi connectivity index (χ2n) is 5.19. The number of hydrogen-bond donors (Lipinski definition) is 3. The van der Waals surface area contributed by atoms with E-state index in [2.05, 4.69) is 5.32 Å². The molecular formula is C13H24N2O3S. The average molecular weight is 288 g/mol. The molecule has 0 aromatic carbocycles. The number of carboxylic acid groups (broad SMARTS) is 1. The van der Waals surface area contributed by atoms with Crippen LogP contribution in [-0.4, -0.2) is 41.6 Å². The molecule has 19 heavy (non-hydrogen) atoms. The number of carbonyl (C=O) groups excluding carboxylic acids is 1. The molecule has 1 rings (SSSR count). The summed E-state index contributed by atoms with van der Waals surface area (Å²) >= 11 is 1.58. The molecule has 0 aliphatic heterocycles. The number of rotatable bonds is 7. The van der Waals surface area contributed by atoms with Crippen LogP contribution in [0.15, 0.2) is 0 Å². The van der Waals surface area contributed by atoms with Crippen LogP contribution in [-0.2, 0) is 9.59 Å². The molecule has 1 fully saturated rings.